The molecule has 0 saturated carbocycles. The minimum absolute atomic E-state index is 0.102. The first-order chi connectivity index (χ1) is 31.3. The maximum absolute atomic E-state index is 14.0. The van der Waals surface area contributed by atoms with E-state index in [4.69, 9.17) is 28.9 Å². The number of amides is 4. The first-order valence-corrected chi connectivity index (χ1v) is 21.9. The molecule has 0 spiro atoms. The molecule has 0 aliphatic carbocycles. The van der Waals surface area contributed by atoms with Crippen molar-refractivity contribution >= 4 is 64.3 Å². The summed E-state index contributed by atoms with van der Waals surface area (Å²) in [5, 5.41) is 5.66. The Morgan fingerprint density at radius 2 is 1.23 bits per heavy atom. The van der Waals surface area contributed by atoms with E-state index >= 15 is 0 Å². The van der Waals surface area contributed by atoms with Crippen molar-refractivity contribution in [3.8, 4) is 23.0 Å². The number of anilines is 1. The van der Waals surface area contributed by atoms with Gasteiger partial charge < -0.3 is 39.4 Å². The van der Waals surface area contributed by atoms with Crippen LogP contribution in [0, 0.1) is 18.8 Å². The lowest BCUT2D eigenvalue weighted by molar-refractivity contribution is -0.129. The summed E-state index contributed by atoms with van der Waals surface area (Å²) in [4.78, 5) is 65.9. The smallest absolute Gasteiger partial charge is 0.260 e. The van der Waals surface area contributed by atoms with E-state index < -0.39 is 6.04 Å². The van der Waals surface area contributed by atoms with Gasteiger partial charge in [-0.2, -0.15) is 0 Å². The maximum atomic E-state index is 14.0. The standard InChI is InChI=1S/C51H54N6O8/c1-29(2)31(4)48(58)54-32(5)49(59)55-37-13-9-33(10-14-37)35-20-39-26-53-44-24-47(46(63-7)22-42(44)51(61)57(39)27-35)65-18-8-17-64-45-23-43-41(19-30(45)3)50(60)56-28-36(21-38(56)25-52-43)34-11-15-40(62-6)16-12-34/h9-16,19,22-29,31-32,38-39H,8,17-18,20-21H2,1-7H3,(H,54,58)(H,55,59)/t31-,32-,38-,39-/m0/s1. The van der Waals surface area contributed by atoms with E-state index in [9.17, 15) is 19.2 Å². The molecular formula is C51H54N6O8. The molecule has 4 aromatic rings. The van der Waals surface area contributed by atoms with Crippen molar-refractivity contribution in [2.75, 3.05) is 32.8 Å². The van der Waals surface area contributed by atoms with E-state index in [1.165, 1.54) is 7.11 Å². The lowest BCUT2D eigenvalue weighted by Crippen LogP contribution is -2.44. The third kappa shape index (κ3) is 9.38. The minimum atomic E-state index is -0.692. The molecule has 8 rings (SSSR count). The summed E-state index contributed by atoms with van der Waals surface area (Å²) < 4.78 is 23.3. The van der Waals surface area contributed by atoms with Crippen LogP contribution in [0.1, 0.15) is 84.4 Å². The second kappa shape index (κ2) is 18.9. The number of aliphatic imine (C=N–C) groups is 2. The Morgan fingerprint density at radius 3 is 1.78 bits per heavy atom. The highest BCUT2D eigenvalue weighted by molar-refractivity contribution is 6.06. The molecule has 0 saturated heterocycles. The second-order valence-corrected chi connectivity index (χ2v) is 17.1. The van der Waals surface area contributed by atoms with Gasteiger partial charge >= 0.3 is 0 Å². The van der Waals surface area contributed by atoms with Gasteiger partial charge in [-0.05, 0) is 84.0 Å². The summed E-state index contributed by atoms with van der Waals surface area (Å²) in [5.41, 5.74) is 7.37. The number of benzene rings is 4. The maximum Gasteiger partial charge on any atom is 0.260 e. The van der Waals surface area contributed by atoms with Crippen molar-refractivity contribution < 1.29 is 38.1 Å². The van der Waals surface area contributed by atoms with Crippen LogP contribution in [-0.4, -0.2) is 91.4 Å². The van der Waals surface area contributed by atoms with Crippen LogP contribution in [-0.2, 0) is 9.59 Å². The summed E-state index contributed by atoms with van der Waals surface area (Å²) in [5.74, 6) is 1.48. The summed E-state index contributed by atoms with van der Waals surface area (Å²) in [6.45, 7) is 10.0. The lowest BCUT2D eigenvalue weighted by atomic mass is 9.97. The summed E-state index contributed by atoms with van der Waals surface area (Å²) in [6, 6.07) is 21.1. The number of ether oxygens (including phenoxy) is 4. The number of hydrogen-bond acceptors (Lipinski definition) is 10. The van der Waals surface area contributed by atoms with Crippen molar-refractivity contribution in [2.45, 2.75) is 72.0 Å². The number of hydrogen-bond donors (Lipinski definition) is 2. The van der Waals surface area contributed by atoms with E-state index in [2.05, 4.69) is 10.6 Å². The molecule has 4 atom stereocenters. The molecule has 336 valence electrons. The molecule has 65 heavy (non-hydrogen) atoms. The van der Waals surface area contributed by atoms with Gasteiger partial charge in [-0.3, -0.25) is 29.2 Å². The van der Waals surface area contributed by atoms with Crippen molar-refractivity contribution in [2.24, 2.45) is 21.8 Å². The number of fused-ring (bicyclic) bond motifs is 4. The zero-order chi connectivity index (χ0) is 45.9. The Kier molecular flexibility index (Phi) is 12.9. The molecule has 2 N–H and O–H groups in total. The van der Waals surface area contributed by atoms with Crippen LogP contribution >= 0.6 is 0 Å². The summed E-state index contributed by atoms with van der Waals surface area (Å²) >= 11 is 0. The molecule has 4 amide bonds. The molecule has 0 fully saturated rings. The zero-order valence-electron chi connectivity index (χ0n) is 37.7. The minimum Gasteiger partial charge on any atom is -0.497 e. The lowest BCUT2D eigenvalue weighted by Gasteiger charge is -2.19. The molecule has 0 unspecified atom stereocenters. The van der Waals surface area contributed by atoms with Crippen LogP contribution in [0.15, 0.2) is 95.2 Å². The highest BCUT2D eigenvalue weighted by Gasteiger charge is 2.35. The van der Waals surface area contributed by atoms with E-state index in [0.29, 0.717) is 77.9 Å². The van der Waals surface area contributed by atoms with Gasteiger partial charge in [0, 0.05) is 67.8 Å². The molecule has 14 nitrogen and oxygen atoms in total. The van der Waals surface area contributed by atoms with Gasteiger partial charge in [0.25, 0.3) is 11.8 Å². The van der Waals surface area contributed by atoms with Crippen molar-refractivity contribution in [3.63, 3.8) is 0 Å². The van der Waals surface area contributed by atoms with Gasteiger partial charge in [0.2, 0.25) is 11.8 Å². The quantitative estimate of drug-likeness (QED) is 0.112. The van der Waals surface area contributed by atoms with Crippen LogP contribution < -0.4 is 29.6 Å². The average molecular weight is 879 g/mol. The van der Waals surface area contributed by atoms with Crippen LogP contribution in [0.4, 0.5) is 17.1 Å². The van der Waals surface area contributed by atoms with Crippen LogP contribution in [0.5, 0.6) is 23.0 Å². The van der Waals surface area contributed by atoms with Crippen molar-refractivity contribution in [1.29, 1.82) is 0 Å². The number of carbonyl (C=O) groups is 4. The monoisotopic (exact) mass is 878 g/mol. The second-order valence-electron chi connectivity index (χ2n) is 17.1. The predicted molar refractivity (Wildman–Crippen MR) is 251 cm³/mol. The topological polar surface area (TPSA) is 160 Å². The Labute approximate surface area is 379 Å². The molecule has 4 aromatic carbocycles. The van der Waals surface area contributed by atoms with E-state index in [1.807, 2.05) is 94.8 Å². The molecule has 4 aliphatic heterocycles. The van der Waals surface area contributed by atoms with Crippen LogP contribution in [0.3, 0.4) is 0 Å². The molecule has 4 aliphatic rings. The molecule has 0 radical (unpaired) electrons. The Balaban J connectivity index is 0.853. The number of methoxy groups -OCH3 is 2. The Morgan fingerprint density at radius 1 is 0.692 bits per heavy atom. The fourth-order valence-corrected chi connectivity index (χ4v) is 8.11. The van der Waals surface area contributed by atoms with Crippen molar-refractivity contribution in [3.05, 3.63) is 113 Å². The molecule has 4 heterocycles. The third-order valence-corrected chi connectivity index (χ3v) is 12.4. The van der Waals surface area contributed by atoms with Gasteiger partial charge in [0.1, 0.15) is 17.5 Å². The SMILES string of the molecule is COc1ccc(C2=CN3C(=O)c4cc(C)c(OCCCOc5cc6c(cc5OC)C(=O)N5C=C(c7ccc(NC(=O)[C@H](C)NC(=O)[C@@H](C)C(C)C)cc7)C[C@H]5C=N6)cc4N=C[C@@H]3C2)cc1. The number of nitrogens with one attached hydrogen (secondary N) is 2. The fraction of sp³-hybridized carbons (Fsp3) is 0.333. The van der Waals surface area contributed by atoms with Crippen LogP contribution in [0.25, 0.3) is 11.1 Å². The first-order valence-electron chi connectivity index (χ1n) is 21.9. The molecular weight excluding hydrogens is 825 g/mol. The molecule has 0 bridgehead atoms. The highest BCUT2D eigenvalue weighted by atomic mass is 16.5. The number of carbonyl (C=O) groups excluding carboxylic acids is 4. The molecule has 14 heteroatoms. The summed E-state index contributed by atoms with van der Waals surface area (Å²) in [6.07, 6.45) is 9.15. The van der Waals surface area contributed by atoms with Gasteiger partial charge in [0.15, 0.2) is 11.5 Å². The van der Waals surface area contributed by atoms with Crippen molar-refractivity contribution in [1.82, 2.24) is 15.1 Å². The van der Waals surface area contributed by atoms with Gasteiger partial charge in [0.05, 0.1) is 62.0 Å². The Hall–Kier alpha value is -7.22. The van der Waals surface area contributed by atoms with Crippen LogP contribution in [0.2, 0.25) is 0 Å². The van der Waals surface area contributed by atoms with E-state index in [1.54, 1.807) is 54.3 Å². The van der Waals surface area contributed by atoms with E-state index in [-0.39, 0.29) is 47.5 Å². The molecule has 0 aromatic heterocycles. The Bertz CT molecular complexity index is 2630. The number of aryl methyl sites for hydroxylation is 1. The van der Waals surface area contributed by atoms with Gasteiger partial charge in [-0.25, -0.2) is 0 Å². The predicted octanol–water partition coefficient (Wildman–Crippen LogP) is 8.54. The van der Waals surface area contributed by atoms with E-state index in [0.717, 1.165) is 33.6 Å². The largest absolute Gasteiger partial charge is 0.497 e. The third-order valence-electron chi connectivity index (χ3n) is 12.4. The fourth-order valence-electron chi connectivity index (χ4n) is 8.11. The normalized spacial score (nSPS) is 18.0. The summed E-state index contributed by atoms with van der Waals surface area (Å²) in [7, 11) is 3.17. The van der Waals surface area contributed by atoms with Gasteiger partial charge in [-0.1, -0.05) is 45.0 Å². The van der Waals surface area contributed by atoms with Gasteiger partial charge in [-0.15, -0.1) is 0 Å². The highest BCUT2D eigenvalue weighted by Crippen LogP contribution is 2.41. The first kappa shape index (κ1) is 44.4. The number of nitrogens with zero attached hydrogens (tertiary/aromatic N) is 4. The zero-order valence-corrected chi connectivity index (χ0v) is 37.7. The average Bonchev–Trinajstić information content (AvgIpc) is 3.89. The number of rotatable bonds is 15.